The number of aromatic nitrogens is 1. The number of oxazole rings is 1. The van der Waals surface area contributed by atoms with Gasteiger partial charge in [-0.3, -0.25) is 4.79 Å². The van der Waals surface area contributed by atoms with Gasteiger partial charge in [-0.1, -0.05) is 0 Å². The van der Waals surface area contributed by atoms with Crippen LogP contribution in [0.2, 0.25) is 0 Å². The van der Waals surface area contributed by atoms with E-state index < -0.39 is 0 Å². The first-order chi connectivity index (χ1) is 3.93. The quantitative estimate of drug-likeness (QED) is 0.550. The zero-order valence-electron chi connectivity index (χ0n) is 4.13. The van der Waals surface area contributed by atoms with Gasteiger partial charge < -0.3 is 4.42 Å². The molecule has 0 spiro atoms. The number of rotatable bonds is 2. The van der Waals surface area contributed by atoms with Crippen molar-refractivity contribution in [2.24, 2.45) is 0 Å². The molecule has 8 heavy (non-hydrogen) atoms. The predicted octanol–water partition coefficient (Wildman–Crippen LogP) is 0.327. The van der Waals surface area contributed by atoms with Crippen molar-refractivity contribution in [3.63, 3.8) is 0 Å². The molecule has 0 amide bonds. The van der Waals surface area contributed by atoms with Crippen LogP contribution in [0, 0.1) is 0 Å². The van der Waals surface area contributed by atoms with Gasteiger partial charge in [-0.05, 0) is 0 Å². The molecule has 0 aliphatic carbocycles. The summed E-state index contributed by atoms with van der Waals surface area (Å²) in [5.41, 5.74) is 0.625. The van der Waals surface area contributed by atoms with Crippen LogP contribution in [0.25, 0.3) is 0 Å². The predicted molar refractivity (Wildman–Crippen MR) is 25.9 cm³/mol. The average Bonchev–Trinajstić information content (AvgIpc) is 2.19. The van der Waals surface area contributed by atoms with Crippen molar-refractivity contribution in [2.75, 3.05) is 0 Å². The Balaban J connectivity index is 2.62. The van der Waals surface area contributed by atoms with Crippen molar-refractivity contribution >= 4 is 6.29 Å². The van der Waals surface area contributed by atoms with Crippen molar-refractivity contribution in [1.29, 1.82) is 0 Å². The maximum atomic E-state index is 9.67. The van der Waals surface area contributed by atoms with Crippen molar-refractivity contribution in [2.45, 2.75) is 6.42 Å². The van der Waals surface area contributed by atoms with Crippen LogP contribution in [0.1, 0.15) is 5.69 Å². The molecule has 1 radical (unpaired) electrons. The fourth-order valence-corrected chi connectivity index (χ4v) is 0.399. The Morgan fingerprint density at radius 2 is 2.75 bits per heavy atom. The van der Waals surface area contributed by atoms with Gasteiger partial charge in [0.25, 0.3) is 0 Å². The maximum absolute atomic E-state index is 9.67. The summed E-state index contributed by atoms with van der Waals surface area (Å²) in [5.74, 6) is 0. The highest BCUT2D eigenvalue weighted by molar-refractivity contribution is 5.54. The van der Waals surface area contributed by atoms with Gasteiger partial charge in [0, 0.05) is 0 Å². The van der Waals surface area contributed by atoms with Gasteiger partial charge in [0.15, 0.2) is 6.39 Å². The van der Waals surface area contributed by atoms with Gasteiger partial charge in [0.1, 0.15) is 6.26 Å². The van der Waals surface area contributed by atoms with Gasteiger partial charge in [-0.2, -0.15) is 0 Å². The third-order valence-corrected chi connectivity index (χ3v) is 0.737. The van der Waals surface area contributed by atoms with E-state index in [1.807, 2.05) is 0 Å². The van der Waals surface area contributed by atoms with Crippen LogP contribution in [0.4, 0.5) is 0 Å². The number of hydrogen-bond acceptors (Lipinski definition) is 3. The lowest BCUT2D eigenvalue weighted by Gasteiger charge is -1.73. The molecule has 1 rings (SSSR count). The lowest BCUT2D eigenvalue weighted by molar-refractivity contribution is 0.550. The van der Waals surface area contributed by atoms with Gasteiger partial charge in [0.05, 0.1) is 12.1 Å². The van der Waals surface area contributed by atoms with Crippen molar-refractivity contribution < 1.29 is 9.21 Å². The van der Waals surface area contributed by atoms with E-state index in [4.69, 9.17) is 0 Å². The minimum Gasteiger partial charge on any atom is -0.451 e. The topological polar surface area (TPSA) is 43.1 Å². The molecule has 0 saturated carbocycles. The second-order valence-corrected chi connectivity index (χ2v) is 1.30. The number of nitrogens with zero attached hydrogens (tertiary/aromatic N) is 1. The van der Waals surface area contributed by atoms with Gasteiger partial charge in [-0.25, -0.2) is 4.98 Å². The molecule has 0 unspecified atom stereocenters. The smallest absolute Gasteiger partial charge is 0.204 e. The van der Waals surface area contributed by atoms with Crippen molar-refractivity contribution in [1.82, 2.24) is 4.98 Å². The Kier molecular flexibility index (Phi) is 1.42. The molecule has 1 aromatic heterocycles. The van der Waals surface area contributed by atoms with E-state index in [2.05, 4.69) is 9.40 Å². The normalized spacial score (nSPS) is 9.00. The average molecular weight is 110 g/mol. The second-order valence-electron chi connectivity index (χ2n) is 1.30. The van der Waals surface area contributed by atoms with Crippen LogP contribution in [0.3, 0.4) is 0 Å². The summed E-state index contributed by atoms with van der Waals surface area (Å²) in [5, 5.41) is 0. The highest BCUT2D eigenvalue weighted by atomic mass is 16.3. The van der Waals surface area contributed by atoms with Crippen LogP contribution in [0.5, 0.6) is 0 Å². The van der Waals surface area contributed by atoms with Gasteiger partial charge in [-0.15, -0.1) is 0 Å². The molecule has 1 aromatic rings. The number of carbonyl (C=O) groups excluding carboxylic acids is 1. The van der Waals surface area contributed by atoms with E-state index in [1.165, 1.54) is 12.7 Å². The second kappa shape index (κ2) is 2.26. The van der Waals surface area contributed by atoms with Gasteiger partial charge >= 0.3 is 0 Å². The molecule has 0 aliphatic rings. The van der Waals surface area contributed by atoms with Crippen LogP contribution in [-0.2, 0) is 11.2 Å². The van der Waals surface area contributed by atoms with Crippen LogP contribution in [-0.4, -0.2) is 11.3 Å². The van der Waals surface area contributed by atoms with Crippen molar-refractivity contribution in [3.05, 3.63) is 18.4 Å². The minimum atomic E-state index is 0.219. The summed E-state index contributed by atoms with van der Waals surface area (Å²) in [4.78, 5) is 13.3. The summed E-state index contributed by atoms with van der Waals surface area (Å²) in [6.07, 6.45) is 4.62. The molecule has 0 aliphatic heterocycles. The lowest BCUT2D eigenvalue weighted by atomic mass is 10.4. The Morgan fingerprint density at radius 1 is 1.88 bits per heavy atom. The SMILES string of the molecule is O=[C]Cc1cocn1. The first-order valence-corrected chi connectivity index (χ1v) is 2.15. The van der Waals surface area contributed by atoms with E-state index in [9.17, 15) is 4.79 Å². The molecule has 3 nitrogen and oxygen atoms in total. The third-order valence-electron chi connectivity index (χ3n) is 0.737. The third kappa shape index (κ3) is 0.932. The molecular formula is C5H4NO2. The van der Waals surface area contributed by atoms with Crippen LogP contribution in [0.15, 0.2) is 17.1 Å². The van der Waals surface area contributed by atoms with E-state index in [0.717, 1.165) is 0 Å². The first kappa shape index (κ1) is 5.03. The lowest BCUT2D eigenvalue weighted by Crippen LogP contribution is -1.82. The van der Waals surface area contributed by atoms with Crippen LogP contribution >= 0.6 is 0 Å². The highest BCUT2D eigenvalue weighted by Gasteiger charge is 1.91. The summed E-state index contributed by atoms with van der Waals surface area (Å²) < 4.78 is 4.58. The molecule has 0 bridgehead atoms. The van der Waals surface area contributed by atoms with E-state index >= 15 is 0 Å². The summed E-state index contributed by atoms with van der Waals surface area (Å²) in [6.45, 7) is 0. The zero-order valence-corrected chi connectivity index (χ0v) is 4.13. The summed E-state index contributed by atoms with van der Waals surface area (Å²) in [7, 11) is 0. The molecule has 0 aromatic carbocycles. The monoisotopic (exact) mass is 110 g/mol. The zero-order chi connectivity index (χ0) is 5.82. The largest absolute Gasteiger partial charge is 0.451 e. The molecule has 1 heterocycles. The molecule has 0 atom stereocenters. The fourth-order valence-electron chi connectivity index (χ4n) is 0.399. The molecule has 41 valence electrons. The standard InChI is InChI=1S/C5H4NO2/c7-2-1-5-3-8-4-6-5/h3-4H,1H2. The fraction of sp³-hybridized carbons (Fsp3) is 0.200. The van der Waals surface area contributed by atoms with E-state index in [-0.39, 0.29) is 6.42 Å². The Bertz CT molecular complexity index is 157. The minimum absolute atomic E-state index is 0.219. The highest BCUT2D eigenvalue weighted by Crippen LogP contribution is 1.91. The maximum Gasteiger partial charge on any atom is 0.204 e. The summed E-state index contributed by atoms with van der Waals surface area (Å²) >= 11 is 0. The molecule has 0 fully saturated rings. The summed E-state index contributed by atoms with van der Waals surface area (Å²) in [6, 6.07) is 0. The molecular weight excluding hydrogens is 106 g/mol. The molecule has 3 heteroatoms. The van der Waals surface area contributed by atoms with Gasteiger partial charge in [0.2, 0.25) is 6.29 Å². The Morgan fingerprint density at radius 3 is 3.25 bits per heavy atom. The van der Waals surface area contributed by atoms with Crippen molar-refractivity contribution in [3.8, 4) is 0 Å². The van der Waals surface area contributed by atoms with Crippen LogP contribution < -0.4 is 0 Å². The molecule has 0 N–H and O–H groups in total. The van der Waals surface area contributed by atoms with E-state index in [1.54, 1.807) is 6.29 Å². The van der Waals surface area contributed by atoms with E-state index in [0.29, 0.717) is 5.69 Å². The molecule has 0 saturated heterocycles. The Labute approximate surface area is 46.3 Å². The first-order valence-electron chi connectivity index (χ1n) is 2.15. The number of hydrogen-bond donors (Lipinski definition) is 0. The Hall–Kier alpha value is -1.12.